The van der Waals surface area contributed by atoms with Crippen LogP contribution in [0.4, 0.5) is 5.00 Å². The lowest BCUT2D eigenvalue weighted by Gasteiger charge is -2.32. The second-order valence-electron chi connectivity index (χ2n) is 5.02. The first-order chi connectivity index (χ1) is 9.54. The topological polar surface area (TPSA) is 89.5 Å². The summed E-state index contributed by atoms with van der Waals surface area (Å²) in [6.07, 6.45) is 2.91. The minimum atomic E-state index is -0.400. The van der Waals surface area contributed by atoms with Gasteiger partial charge in [-0.15, -0.1) is 0 Å². The molecular formula is C13H19N3O3S. The largest absolute Gasteiger partial charge is 0.333 e. The van der Waals surface area contributed by atoms with E-state index in [4.69, 9.17) is 5.73 Å². The minimum Gasteiger partial charge on any atom is -0.333 e. The highest BCUT2D eigenvalue weighted by Crippen LogP contribution is 2.36. The summed E-state index contributed by atoms with van der Waals surface area (Å²) in [5.74, 6) is 0.0980. The number of thiophene rings is 1. The zero-order valence-corrected chi connectivity index (χ0v) is 12.3. The fourth-order valence-corrected chi connectivity index (χ4v) is 3.66. The van der Waals surface area contributed by atoms with Gasteiger partial charge in [0.2, 0.25) is 5.91 Å². The number of rotatable bonds is 4. The zero-order chi connectivity index (χ0) is 14.7. The number of likely N-dealkylation sites (tertiary alicyclic amines) is 1. The van der Waals surface area contributed by atoms with Crippen LogP contribution in [0.5, 0.6) is 0 Å². The lowest BCUT2D eigenvalue weighted by Crippen LogP contribution is -2.42. The first-order valence-electron chi connectivity index (χ1n) is 6.83. The normalized spacial score (nSPS) is 23.7. The SMILES string of the molecule is CCCN1C(=O)CCCC(N)C1c1ccc([N+](=O)[O-])s1. The summed E-state index contributed by atoms with van der Waals surface area (Å²) in [4.78, 5) is 25.2. The highest BCUT2D eigenvalue weighted by atomic mass is 32.1. The standard InChI is InChI=1S/C13H19N3O3S/c1-2-8-15-11(17)5-3-4-9(14)13(15)10-6-7-12(20-10)16(18)19/h6-7,9,13H,2-5,8,14H2,1H3. The van der Waals surface area contributed by atoms with E-state index in [0.717, 1.165) is 35.5 Å². The van der Waals surface area contributed by atoms with Crippen molar-refractivity contribution in [1.82, 2.24) is 4.90 Å². The number of nitrogens with zero attached hydrogens (tertiary/aromatic N) is 2. The van der Waals surface area contributed by atoms with Crippen molar-refractivity contribution in [3.05, 3.63) is 27.1 Å². The van der Waals surface area contributed by atoms with E-state index < -0.39 is 4.92 Å². The molecule has 0 aliphatic carbocycles. The summed E-state index contributed by atoms with van der Waals surface area (Å²) in [6, 6.07) is 2.83. The molecule has 2 unspecified atom stereocenters. The fourth-order valence-electron chi connectivity index (χ4n) is 2.65. The number of hydrogen-bond acceptors (Lipinski definition) is 5. The van der Waals surface area contributed by atoms with Crippen LogP contribution in [-0.4, -0.2) is 28.3 Å². The Bertz CT molecular complexity index is 503. The third-order valence-electron chi connectivity index (χ3n) is 3.54. The van der Waals surface area contributed by atoms with Crippen molar-refractivity contribution in [3.8, 4) is 0 Å². The highest BCUT2D eigenvalue weighted by molar-refractivity contribution is 7.15. The van der Waals surface area contributed by atoms with Crippen LogP contribution >= 0.6 is 11.3 Å². The van der Waals surface area contributed by atoms with Gasteiger partial charge in [0.15, 0.2) is 0 Å². The van der Waals surface area contributed by atoms with Gasteiger partial charge in [-0.3, -0.25) is 14.9 Å². The molecule has 7 heteroatoms. The molecule has 0 spiro atoms. The summed E-state index contributed by atoms with van der Waals surface area (Å²) in [7, 11) is 0. The Kier molecular flexibility index (Phi) is 4.72. The molecule has 1 fully saturated rings. The average Bonchev–Trinajstić information content (AvgIpc) is 2.82. The second-order valence-corrected chi connectivity index (χ2v) is 6.11. The first kappa shape index (κ1) is 14.9. The van der Waals surface area contributed by atoms with Crippen LogP contribution in [0.3, 0.4) is 0 Å². The van der Waals surface area contributed by atoms with E-state index in [2.05, 4.69) is 0 Å². The molecule has 110 valence electrons. The van der Waals surface area contributed by atoms with Crippen molar-refractivity contribution in [3.63, 3.8) is 0 Å². The summed E-state index contributed by atoms with van der Waals surface area (Å²) in [6.45, 7) is 2.65. The maximum Gasteiger partial charge on any atom is 0.324 e. The molecule has 1 aliphatic heterocycles. The van der Waals surface area contributed by atoms with Gasteiger partial charge < -0.3 is 10.6 Å². The van der Waals surface area contributed by atoms with Gasteiger partial charge in [-0.25, -0.2) is 0 Å². The molecule has 0 bridgehead atoms. The maximum absolute atomic E-state index is 12.2. The number of amides is 1. The fraction of sp³-hybridized carbons (Fsp3) is 0.615. The van der Waals surface area contributed by atoms with Gasteiger partial charge >= 0.3 is 5.00 Å². The molecule has 2 N–H and O–H groups in total. The van der Waals surface area contributed by atoms with Crippen LogP contribution < -0.4 is 5.73 Å². The molecular weight excluding hydrogens is 278 g/mol. The van der Waals surface area contributed by atoms with E-state index >= 15 is 0 Å². The molecule has 0 aromatic carbocycles. The lowest BCUT2D eigenvalue weighted by molar-refractivity contribution is -0.380. The molecule has 2 rings (SSSR count). The van der Waals surface area contributed by atoms with Crippen molar-refractivity contribution in [2.45, 2.75) is 44.7 Å². The van der Waals surface area contributed by atoms with Gasteiger partial charge in [0.05, 0.1) is 11.0 Å². The van der Waals surface area contributed by atoms with Gasteiger partial charge in [0.25, 0.3) is 0 Å². The zero-order valence-electron chi connectivity index (χ0n) is 11.4. The molecule has 2 heterocycles. The molecule has 1 aromatic heterocycles. The molecule has 1 saturated heterocycles. The summed E-state index contributed by atoms with van der Waals surface area (Å²) in [5, 5.41) is 10.9. The van der Waals surface area contributed by atoms with Gasteiger partial charge in [0, 0.05) is 30.0 Å². The predicted molar refractivity (Wildman–Crippen MR) is 77.5 cm³/mol. The molecule has 0 radical (unpaired) electrons. The Hall–Kier alpha value is -1.47. The Morgan fingerprint density at radius 1 is 1.55 bits per heavy atom. The van der Waals surface area contributed by atoms with Crippen molar-refractivity contribution in [2.24, 2.45) is 5.73 Å². The third kappa shape index (κ3) is 2.99. The predicted octanol–water partition coefficient (Wildman–Crippen LogP) is 2.45. The Labute approximate surface area is 121 Å². The molecule has 2 atom stereocenters. The number of carbonyl (C=O) groups excluding carboxylic acids is 1. The minimum absolute atomic E-state index is 0.0975. The van der Waals surface area contributed by atoms with Gasteiger partial charge in [0.1, 0.15) is 0 Å². The number of hydrogen-bond donors (Lipinski definition) is 1. The Balaban J connectivity index is 2.34. The monoisotopic (exact) mass is 297 g/mol. The highest BCUT2D eigenvalue weighted by Gasteiger charge is 2.34. The second kappa shape index (κ2) is 6.32. The van der Waals surface area contributed by atoms with Crippen molar-refractivity contribution >= 4 is 22.2 Å². The van der Waals surface area contributed by atoms with Crippen molar-refractivity contribution < 1.29 is 9.72 Å². The molecule has 6 nitrogen and oxygen atoms in total. The van der Waals surface area contributed by atoms with Crippen LogP contribution in [0, 0.1) is 10.1 Å². The maximum atomic E-state index is 12.2. The van der Waals surface area contributed by atoms with Gasteiger partial charge in [-0.05, 0) is 25.3 Å². The molecule has 0 saturated carbocycles. The van der Waals surface area contributed by atoms with Crippen LogP contribution in [-0.2, 0) is 4.79 Å². The lowest BCUT2D eigenvalue weighted by atomic mass is 10.0. The molecule has 20 heavy (non-hydrogen) atoms. The van der Waals surface area contributed by atoms with Gasteiger partial charge in [-0.2, -0.15) is 0 Å². The van der Waals surface area contributed by atoms with Crippen LogP contribution in [0.15, 0.2) is 12.1 Å². The number of nitrogens with two attached hydrogens (primary N) is 1. The molecule has 1 aliphatic rings. The summed E-state index contributed by atoms with van der Waals surface area (Å²) in [5.41, 5.74) is 6.22. The quantitative estimate of drug-likeness (QED) is 0.682. The summed E-state index contributed by atoms with van der Waals surface area (Å²) >= 11 is 1.12. The first-order valence-corrected chi connectivity index (χ1v) is 7.65. The van der Waals surface area contributed by atoms with Crippen LogP contribution in [0.1, 0.15) is 43.5 Å². The Morgan fingerprint density at radius 3 is 2.90 bits per heavy atom. The van der Waals surface area contributed by atoms with Crippen molar-refractivity contribution in [1.29, 1.82) is 0 Å². The Morgan fingerprint density at radius 2 is 2.30 bits per heavy atom. The molecule has 1 amide bonds. The molecule has 1 aromatic rings. The van der Waals surface area contributed by atoms with Crippen LogP contribution in [0.25, 0.3) is 0 Å². The van der Waals surface area contributed by atoms with Crippen molar-refractivity contribution in [2.75, 3.05) is 6.54 Å². The van der Waals surface area contributed by atoms with E-state index in [1.807, 2.05) is 6.92 Å². The summed E-state index contributed by atoms with van der Waals surface area (Å²) < 4.78 is 0. The average molecular weight is 297 g/mol. The number of carbonyl (C=O) groups is 1. The van der Waals surface area contributed by atoms with E-state index in [1.165, 1.54) is 6.07 Å². The van der Waals surface area contributed by atoms with E-state index in [-0.39, 0.29) is 23.0 Å². The number of nitro groups is 1. The van der Waals surface area contributed by atoms with E-state index in [0.29, 0.717) is 13.0 Å². The van der Waals surface area contributed by atoms with E-state index in [1.54, 1.807) is 11.0 Å². The van der Waals surface area contributed by atoms with Gasteiger partial charge in [-0.1, -0.05) is 18.3 Å². The van der Waals surface area contributed by atoms with Crippen LogP contribution in [0.2, 0.25) is 0 Å². The van der Waals surface area contributed by atoms with E-state index in [9.17, 15) is 14.9 Å². The third-order valence-corrected chi connectivity index (χ3v) is 4.65. The smallest absolute Gasteiger partial charge is 0.324 e.